The van der Waals surface area contributed by atoms with Crippen LogP contribution in [0, 0.1) is 11.6 Å². The Labute approximate surface area is 128 Å². The molecule has 0 fully saturated rings. The smallest absolute Gasteiger partial charge is 0.254 e. The van der Waals surface area contributed by atoms with Crippen LogP contribution in [-0.2, 0) is 4.79 Å². The van der Waals surface area contributed by atoms with E-state index in [1.807, 2.05) is 7.05 Å². The van der Waals surface area contributed by atoms with E-state index < -0.39 is 17.5 Å². The zero-order chi connectivity index (χ0) is 16.4. The summed E-state index contributed by atoms with van der Waals surface area (Å²) in [6.45, 7) is 1.69. The average molecular weight is 313 g/mol. The number of nitrogens with one attached hydrogen (secondary N) is 3. The van der Waals surface area contributed by atoms with Gasteiger partial charge in [-0.05, 0) is 38.6 Å². The van der Waals surface area contributed by atoms with E-state index in [4.69, 9.17) is 0 Å². The Morgan fingerprint density at radius 3 is 2.45 bits per heavy atom. The van der Waals surface area contributed by atoms with Gasteiger partial charge in [-0.2, -0.15) is 0 Å². The van der Waals surface area contributed by atoms with Crippen LogP contribution in [0.4, 0.5) is 8.78 Å². The van der Waals surface area contributed by atoms with Crippen LogP contribution in [-0.4, -0.2) is 38.5 Å². The molecule has 122 valence electrons. The molecule has 5 nitrogen and oxygen atoms in total. The van der Waals surface area contributed by atoms with Gasteiger partial charge in [0.2, 0.25) is 5.91 Å². The highest BCUT2D eigenvalue weighted by Gasteiger charge is 2.11. The summed E-state index contributed by atoms with van der Waals surface area (Å²) in [5.41, 5.74) is -0.210. The van der Waals surface area contributed by atoms with Crippen molar-refractivity contribution in [1.82, 2.24) is 16.0 Å². The molecule has 22 heavy (non-hydrogen) atoms. The van der Waals surface area contributed by atoms with E-state index in [0.29, 0.717) is 19.0 Å². The van der Waals surface area contributed by atoms with Gasteiger partial charge in [-0.3, -0.25) is 9.59 Å². The second-order valence-corrected chi connectivity index (χ2v) is 4.79. The second-order valence-electron chi connectivity index (χ2n) is 4.79. The fourth-order valence-electron chi connectivity index (χ4n) is 1.80. The van der Waals surface area contributed by atoms with Gasteiger partial charge in [-0.25, -0.2) is 8.78 Å². The van der Waals surface area contributed by atoms with E-state index >= 15 is 0 Å². The molecule has 0 bridgehead atoms. The Hall–Kier alpha value is -2.02. The normalized spacial score (nSPS) is 10.3. The van der Waals surface area contributed by atoms with E-state index in [1.54, 1.807) is 0 Å². The minimum absolute atomic E-state index is 0.0849. The Morgan fingerprint density at radius 2 is 1.77 bits per heavy atom. The van der Waals surface area contributed by atoms with Crippen LogP contribution in [0.3, 0.4) is 0 Å². The topological polar surface area (TPSA) is 70.2 Å². The van der Waals surface area contributed by atoms with Gasteiger partial charge in [0.25, 0.3) is 5.91 Å². The molecule has 1 aromatic carbocycles. The van der Waals surface area contributed by atoms with Crippen LogP contribution < -0.4 is 16.0 Å². The third kappa shape index (κ3) is 6.62. The summed E-state index contributed by atoms with van der Waals surface area (Å²) in [5.74, 6) is -2.34. The SMILES string of the molecule is CNCCCNC(=O)CCCNC(=O)c1ccc(F)cc1F. The van der Waals surface area contributed by atoms with Gasteiger partial charge in [0, 0.05) is 25.6 Å². The Bertz CT molecular complexity index is 510. The van der Waals surface area contributed by atoms with Crippen LogP contribution >= 0.6 is 0 Å². The maximum Gasteiger partial charge on any atom is 0.254 e. The van der Waals surface area contributed by atoms with Gasteiger partial charge in [0.15, 0.2) is 0 Å². The highest BCUT2D eigenvalue weighted by Crippen LogP contribution is 2.09. The highest BCUT2D eigenvalue weighted by atomic mass is 19.1. The Kier molecular flexibility index (Phi) is 8.06. The number of carbonyl (C=O) groups is 2. The number of benzene rings is 1. The minimum atomic E-state index is -0.903. The first-order valence-corrected chi connectivity index (χ1v) is 7.19. The van der Waals surface area contributed by atoms with Crippen LogP contribution in [0.1, 0.15) is 29.6 Å². The lowest BCUT2D eigenvalue weighted by Gasteiger charge is -2.07. The number of halogens is 2. The summed E-state index contributed by atoms with van der Waals surface area (Å²) in [5, 5.41) is 8.24. The first kappa shape index (κ1) is 18.0. The Balaban J connectivity index is 2.21. The molecular weight excluding hydrogens is 292 g/mol. The van der Waals surface area contributed by atoms with Crippen LogP contribution in [0.5, 0.6) is 0 Å². The predicted molar refractivity (Wildman–Crippen MR) is 79.5 cm³/mol. The van der Waals surface area contributed by atoms with Crippen LogP contribution in [0.2, 0.25) is 0 Å². The molecule has 0 atom stereocenters. The summed E-state index contributed by atoms with van der Waals surface area (Å²) in [4.78, 5) is 23.2. The molecule has 1 rings (SSSR count). The third-order valence-electron chi connectivity index (χ3n) is 2.97. The summed E-state index contributed by atoms with van der Waals surface area (Å²) >= 11 is 0. The maximum atomic E-state index is 13.4. The first-order valence-electron chi connectivity index (χ1n) is 7.19. The molecule has 0 aliphatic rings. The van der Waals surface area contributed by atoms with E-state index in [9.17, 15) is 18.4 Å². The van der Waals surface area contributed by atoms with Crippen LogP contribution in [0.25, 0.3) is 0 Å². The molecular formula is C15H21F2N3O2. The molecule has 2 amide bonds. The van der Waals surface area contributed by atoms with Crippen molar-refractivity contribution >= 4 is 11.8 Å². The quantitative estimate of drug-likeness (QED) is 0.600. The summed E-state index contributed by atoms with van der Waals surface area (Å²) in [6.07, 6.45) is 1.58. The van der Waals surface area contributed by atoms with Crippen molar-refractivity contribution in [2.24, 2.45) is 0 Å². The van der Waals surface area contributed by atoms with Crippen molar-refractivity contribution in [3.8, 4) is 0 Å². The molecule has 0 radical (unpaired) electrons. The van der Waals surface area contributed by atoms with Crippen molar-refractivity contribution in [2.75, 3.05) is 26.7 Å². The van der Waals surface area contributed by atoms with Gasteiger partial charge >= 0.3 is 0 Å². The van der Waals surface area contributed by atoms with E-state index in [0.717, 1.165) is 25.1 Å². The highest BCUT2D eigenvalue weighted by molar-refractivity contribution is 5.94. The van der Waals surface area contributed by atoms with Gasteiger partial charge in [-0.1, -0.05) is 0 Å². The van der Waals surface area contributed by atoms with Crippen molar-refractivity contribution < 1.29 is 18.4 Å². The second kappa shape index (κ2) is 9.83. The zero-order valence-corrected chi connectivity index (χ0v) is 12.5. The van der Waals surface area contributed by atoms with Gasteiger partial charge in [0.1, 0.15) is 11.6 Å². The lowest BCUT2D eigenvalue weighted by molar-refractivity contribution is -0.121. The zero-order valence-electron chi connectivity index (χ0n) is 12.5. The summed E-state index contributed by atoms with van der Waals surface area (Å²) in [7, 11) is 1.84. The Morgan fingerprint density at radius 1 is 1.05 bits per heavy atom. The lowest BCUT2D eigenvalue weighted by atomic mass is 10.2. The van der Waals surface area contributed by atoms with Gasteiger partial charge in [0.05, 0.1) is 5.56 Å². The molecule has 0 aliphatic carbocycles. The third-order valence-corrected chi connectivity index (χ3v) is 2.97. The largest absolute Gasteiger partial charge is 0.356 e. The fraction of sp³-hybridized carbons (Fsp3) is 0.467. The molecule has 7 heteroatoms. The van der Waals surface area contributed by atoms with Gasteiger partial charge < -0.3 is 16.0 Å². The molecule has 0 spiro atoms. The summed E-state index contributed by atoms with van der Waals surface area (Å²) < 4.78 is 26.1. The summed E-state index contributed by atoms with van der Waals surface area (Å²) in [6, 6.07) is 2.78. The number of hydrogen-bond donors (Lipinski definition) is 3. The lowest BCUT2D eigenvalue weighted by Crippen LogP contribution is -2.29. The van der Waals surface area contributed by atoms with E-state index in [2.05, 4.69) is 16.0 Å². The number of hydrogen-bond acceptors (Lipinski definition) is 3. The molecule has 0 unspecified atom stereocenters. The van der Waals surface area contributed by atoms with Gasteiger partial charge in [-0.15, -0.1) is 0 Å². The van der Waals surface area contributed by atoms with Crippen molar-refractivity contribution in [3.05, 3.63) is 35.4 Å². The monoisotopic (exact) mass is 313 g/mol. The number of carbonyl (C=O) groups excluding carboxylic acids is 2. The molecule has 1 aromatic rings. The standard InChI is InChI=1S/C15H21F2N3O2/c1-18-7-3-9-19-14(21)4-2-8-20-15(22)12-6-5-11(16)10-13(12)17/h5-6,10,18H,2-4,7-9H2,1H3,(H,19,21)(H,20,22). The molecule has 0 heterocycles. The average Bonchev–Trinajstić information content (AvgIpc) is 2.48. The first-order chi connectivity index (χ1) is 10.5. The molecule has 0 saturated heterocycles. The van der Waals surface area contributed by atoms with Crippen LogP contribution in [0.15, 0.2) is 18.2 Å². The predicted octanol–water partition coefficient (Wildman–Crippen LogP) is 1.20. The van der Waals surface area contributed by atoms with E-state index in [-0.39, 0.29) is 24.4 Å². The number of amides is 2. The minimum Gasteiger partial charge on any atom is -0.356 e. The molecule has 0 saturated carbocycles. The van der Waals surface area contributed by atoms with Crippen molar-refractivity contribution in [1.29, 1.82) is 0 Å². The molecule has 3 N–H and O–H groups in total. The number of rotatable bonds is 9. The fourth-order valence-corrected chi connectivity index (χ4v) is 1.80. The van der Waals surface area contributed by atoms with E-state index in [1.165, 1.54) is 0 Å². The van der Waals surface area contributed by atoms with Crippen molar-refractivity contribution in [2.45, 2.75) is 19.3 Å². The molecule has 0 aromatic heterocycles. The molecule has 0 aliphatic heterocycles. The van der Waals surface area contributed by atoms with Crippen molar-refractivity contribution in [3.63, 3.8) is 0 Å². The maximum absolute atomic E-state index is 13.4.